The summed E-state index contributed by atoms with van der Waals surface area (Å²) in [5.74, 6) is -0.335. The lowest BCUT2D eigenvalue weighted by molar-refractivity contribution is 0.0741. The highest BCUT2D eigenvalue weighted by Crippen LogP contribution is 2.23. The molecule has 0 bridgehead atoms. The molecular weight excluding hydrogens is 451 g/mol. The van der Waals surface area contributed by atoms with Crippen LogP contribution in [0.2, 0.25) is 0 Å². The first-order chi connectivity index (χ1) is 16.9. The number of hydrogen-bond acceptors (Lipinski definition) is 5. The van der Waals surface area contributed by atoms with E-state index < -0.39 is 17.1 Å². The number of benzene rings is 2. The molecular formula is C25H25FN6O3. The highest BCUT2D eigenvalue weighted by Gasteiger charge is 2.28. The Bertz CT molecular complexity index is 1530. The number of piperazine rings is 1. The van der Waals surface area contributed by atoms with Crippen molar-refractivity contribution in [2.75, 3.05) is 31.1 Å². The zero-order chi connectivity index (χ0) is 24.7. The average Bonchev–Trinajstić information content (AvgIpc) is 3.26. The second kappa shape index (κ2) is 8.86. The molecule has 1 fully saturated rings. The molecule has 0 unspecified atom stereocenters. The maximum absolute atomic E-state index is 14.1. The number of aromatic nitrogens is 4. The lowest BCUT2D eigenvalue weighted by atomic mass is 10.1. The monoisotopic (exact) mass is 476 g/mol. The van der Waals surface area contributed by atoms with Crippen LogP contribution in [-0.4, -0.2) is 55.7 Å². The van der Waals surface area contributed by atoms with Crippen LogP contribution in [0.5, 0.6) is 0 Å². The standard InChI is InChI=1S/C25H25FN6O3/c1-28-21-20(23(34)29(2)25(28)35)32(16-17-8-4-3-5-9-17)24(27-21)31-14-12-30(13-15-31)22(33)18-10-6-7-11-19(18)26/h3-11H,12-16H2,1-2H3. The van der Waals surface area contributed by atoms with E-state index >= 15 is 0 Å². The molecule has 10 heteroatoms. The van der Waals surface area contributed by atoms with Crippen LogP contribution in [0.25, 0.3) is 11.2 Å². The number of imidazole rings is 1. The van der Waals surface area contributed by atoms with Crippen LogP contribution in [0.15, 0.2) is 64.2 Å². The van der Waals surface area contributed by atoms with Gasteiger partial charge >= 0.3 is 5.69 Å². The van der Waals surface area contributed by atoms with Gasteiger partial charge in [-0.15, -0.1) is 0 Å². The number of rotatable bonds is 4. The molecule has 1 aliphatic heterocycles. The van der Waals surface area contributed by atoms with Gasteiger partial charge in [-0.05, 0) is 17.7 Å². The minimum Gasteiger partial charge on any atom is -0.339 e. The maximum Gasteiger partial charge on any atom is 0.332 e. The van der Waals surface area contributed by atoms with E-state index in [-0.39, 0.29) is 11.5 Å². The number of nitrogens with zero attached hydrogens (tertiary/aromatic N) is 6. The van der Waals surface area contributed by atoms with Crippen LogP contribution in [0.1, 0.15) is 15.9 Å². The van der Waals surface area contributed by atoms with Crippen molar-refractivity contribution < 1.29 is 9.18 Å². The molecule has 2 aromatic heterocycles. The Morgan fingerprint density at radius 2 is 1.57 bits per heavy atom. The van der Waals surface area contributed by atoms with E-state index in [0.29, 0.717) is 49.8 Å². The third kappa shape index (κ3) is 3.90. The van der Waals surface area contributed by atoms with E-state index in [9.17, 15) is 18.8 Å². The molecule has 35 heavy (non-hydrogen) atoms. The largest absolute Gasteiger partial charge is 0.339 e. The van der Waals surface area contributed by atoms with E-state index in [1.54, 1.807) is 24.1 Å². The number of fused-ring (bicyclic) bond motifs is 1. The van der Waals surface area contributed by atoms with Gasteiger partial charge in [0.2, 0.25) is 5.95 Å². The normalized spacial score (nSPS) is 14.0. The van der Waals surface area contributed by atoms with Crippen molar-refractivity contribution in [3.05, 3.63) is 92.4 Å². The molecule has 0 radical (unpaired) electrons. The van der Waals surface area contributed by atoms with Crippen molar-refractivity contribution in [1.29, 1.82) is 0 Å². The molecule has 0 saturated carbocycles. The molecule has 180 valence electrons. The fourth-order valence-electron chi connectivity index (χ4n) is 4.51. The molecule has 0 N–H and O–H groups in total. The van der Waals surface area contributed by atoms with Crippen LogP contribution in [0, 0.1) is 5.82 Å². The fourth-order valence-corrected chi connectivity index (χ4v) is 4.51. The third-order valence-electron chi connectivity index (χ3n) is 6.47. The minimum atomic E-state index is -0.540. The number of carbonyl (C=O) groups is 1. The Labute approximate surface area is 200 Å². The number of aryl methyl sites for hydroxylation is 1. The summed E-state index contributed by atoms with van der Waals surface area (Å²) < 4.78 is 18.4. The first kappa shape index (κ1) is 22.6. The molecule has 5 rings (SSSR count). The van der Waals surface area contributed by atoms with Crippen LogP contribution in [-0.2, 0) is 20.6 Å². The smallest absolute Gasteiger partial charge is 0.332 e. The van der Waals surface area contributed by atoms with Gasteiger partial charge in [-0.1, -0.05) is 42.5 Å². The zero-order valence-electron chi connectivity index (χ0n) is 19.5. The van der Waals surface area contributed by atoms with E-state index in [1.165, 1.54) is 23.7 Å². The second-order valence-electron chi connectivity index (χ2n) is 8.62. The maximum atomic E-state index is 14.1. The summed E-state index contributed by atoms with van der Waals surface area (Å²) in [7, 11) is 3.05. The van der Waals surface area contributed by atoms with Crippen molar-refractivity contribution in [2.45, 2.75) is 6.54 Å². The Morgan fingerprint density at radius 3 is 2.26 bits per heavy atom. The van der Waals surface area contributed by atoms with Gasteiger partial charge < -0.3 is 9.80 Å². The van der Waals surface area contributed by atoms with Crippen LogP contribution >= 0.6 is 0 Å². The van der Waals surface area contributed by atoms with Crippen molar-refractivity contribution in [2.24, 2.45) is 14.1 Å². The topological polar surface area (TPSA) is 85.4 Å². The number of carbonyl (C=O) groups excluding carboxylic acids is 1. The highest BCUT2D eigenvalue weighted by molar-refractivity contribution is 5.94. The molecule has 1 amide bonds. The van der Waals surface area contributed by atoms with Gasteiger partial charge in [0.25, 0.3) is 11.5 Å². The van der Waals surface area contributed by atoms with Crippen LogP contribution in [0.3, 0.4) is 0 Å². The SMILES string of the molecule is Cn1c(=O)c2c(nc(N3CCN(C(=O)c4ccccc4F)CC3)n2Cc2ccccc2)n(C)c1=O. The predicted octanol–water partition coefficient (Wildman–Crippen LogP) is 1.58. The molecule has 1 aliphatic rings. The van der Waals surface area contributed by atoms with E-state index in [2.05, 4.69) is 0 Å². The molecule has 2 aromatic carbocycles. The number of hydrogen-bond donors (Lipinski definition) is 0. The van der Waals surface area contributed by atoms with Gasteiger partial charge in [-0.3, -0.25) is 23.3 Å². The quantitative estimate of drug-likeness (QED) is 0.447. The van der Waals surface area contributed by atoms with Gasteiger partial charge in [0.1, 0.15) is 5.82 Å². The Kier molecular flexibility index (Phi) is 5.72. The van der Waals surface area contributed by atoms with Crippen molar-refractivity contribution in [3.8, 4) is 0 Å². The van der Waals surface area contributed by atoms with E-state index in [4.69, 9.17) is 4.98 Å². The molecule has 3 heterocycles. The van der Waals surface area contributed by atoms with Gasteiger partial charge in [-0.25, -0.2) is 9.18 Å². The first-order valence-electron chi connectivity index (χ1n) is 11.4. The van der Waals surface area contributed by atoms with Gasteiger partial charge in [0.15, 0.2) is 11.2 Å². The second-order valence-corrected chi connectivity index (χ2v) is 8.62. The van der Waals surface area contributed by atoms with Gasteiger partial charge in [0, 0.05) is 40.3 Å². The summed E-state index contributed by atoms with van der Waals surface area (Å²) in [5, 5.41) is 0. The fraction of sp³-hybridized carbons (Fsp3) is 0.280. The number of amides is 1. The molecule has 0 spiro atoms. The van der Waals surface area contributed by atoms with E-state index in [0.717, 1.165) is 10.1 Å². The third-order valence-corrected chi connectivity index (χ3v) is 6.47. The van der Waals surface area contributed by atoms with Crippen LogP contribution < -0.4 is 16.1 Å². The average molecular weight is 477 g/mol. The molecule has 4 aromatic rings. The van der Waals surface area contributed by atoms with E-state index in [1.807, 2.05) is 39.8 Å². The van der Waals surface area contributed by atoms with Crippen molar-refractivity contribution in [1.82, 2.24) is 23.6 Å². The minimum absolute atomic E-state index is 0.0516. The Hall–Kier alpha value is -4.21. The van der Waals surface area contributed by atoms with Gasteiger partial charge in [0.05, 0.1) is 12.1 Å². The zero-order valence-corrected chi connectivity index (χ0v) is 19.5. The summed E-state index contributed by atoms with van der Waals surface area (Å²) in [5.41, 5.74) is 0.838. The molecule has 0 aliphatic carbocycles. The summed E-state index contributed by atoms with van der Waals surface area (Å²) in [4.78, 5) is 46.8. The summed E-state index contributed by atoms with van der Waals surface area (Å²) in [6, 6.07) is 15.7. The Balaban J connectivity index is 1.51. The molecule has 9 nitrogen and oxygen atoms in total. The molecule has 0 atom stereocenters. The van der Waals surface area contributed by atoms with Crippen molar-refractivity contribution >= 4 is 23.0 Å². The lowest BCUT2D eigenvalue weighted by Crippen LogP contribution is -2.49. The van der Waals surface area contributed by atoms with Crippen molar-refractivity contribution in [3.63, 3.8) is 0 Å². The first-order valence-corrected chi connectivity index (χ1v) is 11.4. The number of halogens is 1. The highest BCUT2D eigenvalue weighted by atomic mass is 19.1. The Morgan fingerprint density at radius 1 is 0.914 bits per heavy atom. The summed E-state index contributed by atoms with van der Waals surface area (Å²) in [6.45, 7) is 2.05. The number of anilines is 1. The molecule has 1 saturated heterocycles. The predicted molar refractivity (Wildman–Crippen MR) is 130 cm³/mol. The summed E-state index contributed by atoms with van der Waals surface area (Å²) in [6.07, 6.45) is 0. The van der Waals surface area contributed by atoms with Crippen LogP contribution in [0.4, 0.5) is 10.3 Å². The van der Waals surface area contributed by atoms with Gasteiger partial charge in [-0.2, -0.15) is 4.98 Å². The summed E-state index contributed by atoms with van der Waals surface area (Å²) >= 11 is 0. The lowest BCUT2D eigenvalue weighted by Gasteiger charge is -2.35.